The van der Waals surface area contributed by atoms with E-state index >= 15 is 0 Å². The molecule has 4 nitrogen and oxygen atoms in total. The molecule has 0 aromatic heterocycles. The van der Waals surface area contributed by atoms with Gasteiger partial charge >= 0.3 is 5.97 Å². The van der Waals surface area contributed by atoms with E-state index < -0.39 is 11.7 Å². The lowest BCUT2D eigenvalue weighted by Crippen LogP contribution is -2.48. The summed E-state index contributed by atoms with van der Waals surface area (Å²) in [6, 6.07) is 9.99. The van der Waals surface area contributed by atoms with Crippen molar-refractivity contribution < 1.29 is 14.6 Å². The van der Waals surface area contributed by atoms with Gasteiger partial charge in [0.2, 0.25) is 0 Å². The van der Waals surface area contributed by atoms with Crippen molar-refractivity contribution in [3.63, 3.8) is 0 Å². The molecule has 24 heavy (non-hydrogen) atoms. The fraction of sp³-hybridized carbons (Fsp3) is 0.450. The van der Waals surface area contributed by atoms with E-state index in [4.69, 9.17) is 4.74 Å². The Kier molecular flexibility index (Phi) is 3.03. The van der Waals surface area contributed by atoms with Gasteiger partial charge in [0.1, 0.15) is 6.10 Å². The van der Waals surface area contributed by atoms with E-state index in [0.717, 1.165) is 30.5 Å². The molecule has 5 rings (SSSR count). The minimum Gasteiger partial charge on any atom is -0.449 e. The third kappa shape index (κ3) is 1.78. The Hall–Kier alpha value is -1.91. The lowest BCUT2D eigenvalue weighted by atomic mass is 9.78. The van der Waals surface area contributed by atoms with Gasteiger partial charge in [-0.2, -0.15) is 0 Å². The quantitative estimate of drug-likeness (QED) is 0.850. The predicted molar refractivity (Wildman–Crippen MR) is 89.1 cm³/mol. The molecule has 4 heteroatoms. The number of hydrogen-bond donors (Lipinski definition) is 1. The minimum atomic E-state index is -0.924. The number of carbonyl (C=O) groups is 1. The van der Waals surface area contributed by atoms with Crippen LogP contribution in [0.2, 0.25) is 0 Å². The molecule has 1 unspecified atom stereocenters. The Balaban J connectivity index is 1.62. The van der Waals surface area contributed by atoms with E-state index in [1.165, 1.54) is 12.8 Å². The Bertz CT molecular complexity index is 753. The molecule has 124 valence electrons. The molecule has 1 aromatic rings. The Morgan fingerprint density at radius 2 is 2.08 bits per heavy atom. The second kappa shape index (κ2) is 5.04. The van der Waals surface area contributed by atoms with Crippen LogP contribution in [0.15, 0.2) is 53.6 Å². The number of nitrogens with zero attached hydrogens (tertiary/aromatic N) is 1. The highest BCUT2D eigenvalue weighted by atomic mass is 16.6. The topological polar surface area (TPSA) is 49.8 Å². The molecule has 3 aliphatic heterocycles. The van der Waals surface area contributed by atoms with Crippen molar-refractivity contribution in [2.75, 3.05) is 6.54 Å². The number of ether oxygens (including phenoxy) is 1. The number of benzene rings is 1. The van der Waals surface area contributed by atoms with Gasteiger partial charge in [-0.05, 0) is 24.9 Å². The van der Waals surface area contributed by atoms with Crippen molar-refractivity contribution in [2.24, 2.45) is 0 Å². The molecule has 1 aliphatic carbocycles. The van der Waals surface area contributed by atoms with E-state index in [2.05, 4.69) is 11.0 Å². The van der Waals surface area contributed by atoms with Crippen LogP contribution >= 0.6 is 0 Å². The smallest absolute Gasteiger partial charge is 0.338 e. The maximum absolute atomic E-state index is 12.7. The summed E-state index contributed by atoms with van der Waals surface area (Å²) in [4.78, 5) is 15.2. The molecule has 0 amide bonds. The molecular formula is C20H21NO3. The van der Waals surface area contributed by atoms with Gasteiger partial charge in [0.25, 0.3) is 0 Å². The molecule has 0 saturated carbocycles. The number of piperidine rings is 1. The first-order chi connectivity index (χ1) is 11.7. The zero-order chi connectivity index (χ0) is 16.3. The van der Waals surface area contributed by atoms with Crippen LogP contribution in [-0.2, 0) is 9.53 Å². The van der Waals surface area contributed by atoms with E-state index in [-0.39, 0.29) is 12.0 Å². The number of carbonyl (C=O) groups excluding carboxylic acids is 1. The monoisotopic (exact) mass is 323 g/mol. The van der Waals surface area contributed by atoms with Gasteiger partial charge in [-0.15, -0.1) is 0 Å². The van der Waals surface area contributed by atoms with Gasteiger partial charge in [-0.1, -0.05) is 48.9 Å². The van der Waals surface area contributed by atoms with Crippen LogP contribution in [-0.4, -0.2) is 40.2 Å². The standard InChI is InChI=1S/C20H21NO3/c22-18(13-6-2-1-3-7-13)17-15-10-9-14-12-20(15,24-19(17)23)16-8-4-5-11-21(14)16/h1-3,6-7,9-10,14,16,18,22H,4-5,8,11-12H2/t14-,16+,18?,20+/m1/s1. The average Bonchev–Trinajstić information content (AvgIpc) is 3.06. The summed E-state index contributed by atoms with van der Waals surface area (Å²) in [7, 11) is 0. The van der Waals surface area contributed by atoms with Crippen LogP contribution in [0.3, 0.4) is 0 Å². The summed E-state index contributed by atoms with van der Waals surface area (Å²) in [5.74, 6) is -0.348. The highest BCUT2D eigenvalue weighted by molar-refractivity contribution is 5.96. The van der Waals surface area contributed by atoms with Crippen molar-refractivity contribution in [2.45, 2.75) is 49.5 Å². The first kappa shape index (κ1) is 14.4. The predicted octanol–water partition coefficient (Wildman–Crippen LogP) is 2.51. The SMILES string of the molecule is O=C1O[C@@]23C[C@@H](C=CC2=C1C(O)c1ccccc1)N1CCCC[C@H]13. The van der Waals surface area contributed by atoms with E-state index in [9.17, 15) is 9.90 Å². The van der Waals surface area contributed by atoms with Crippen LogP contribution < -0.4 is 0 Å². The second-order valence-electron chi connectivity index (χ2n) is 7.30. The number of fused-ring (bicyclic) bond motifs is 3. The molecule has 1 aromatic carbocycles. The summed E-state index contributed by atoms with van der Waals surface area (Å²) in [6.07, 6.45) is 7.59. The van der Waals surface area contributed by atoms with Gasteiger partial charge in [0.15, 0.2) is 5.60 Å². The second-order valence-corrected chi connectivity index (χ2v) is 7.30. The summed E-state index contributed by atoms with van der Waals surface area (Å²) in [5.41, 5.74) is 1.54. The van der Waals surface area contributed by atoms with E-state index in [1.807, 2.05) is 36.4 Å². The first-order valence-corrected chi connectivity index (χ1v) is 8.86. The molecule has 0 radical (unpaired) electrons. The Labute approximate surface area is 141 Å². The highest BCUT2D eigenvalue weighted by Crippen LogP contribution is 2.54. The number of rotatable bonds is 2. The average molecular weight is 323 g/mol. The molecular weight excluding hydrogens is 302 g/mol. The van der Waals surface area contributed by atoms with Crippen LogP contribution in [0.25, 0.3) is 0 Å². The largest absolute Gasteiger partial charge is 0.449 e. The fourth-order valence-corrected chi connectivity index (χ4v) is 5.11. The molecule has 1 spiro atoms. The third-order valence-corrected chi connectivity index (χ3v) is 6.14. The number of aliphatic hydroxyl groups is 1. The van der Waals surface area contributed by atoms with Crippen LogP contribution in [0, 0.1) is 0 Å². The fourth-order valence-electron chi connectivity index (χ4n) is 5.11. The van der Waals surface area contributed by atoms with Crippen LogP contribution in [0.5, 0.6) is 0 Å². The van der Waals surface area contributed by atoms with Gasteiger partial charge in [-0.25, -0.2) is 4.79 Å². The zero-order valence-electron chi connectivity index (χ0n) is 13.5. The number of esters is 1. The third-order valence-electron chi connectivity index (χ3n) is 6.14. The highest BCUT2D eigenvalue weighted by Gasteiger charge is 2.62. The molecule has 2 saturated heterocycles. The molecule has 2 fully saturated rings. The normalized spacial score (nSPS) is 35.6. The summed E-state index contributed by atoms with van der Waals surface area (Å²) in [6.45, 7) is 1.07. The lowest BCUT2D eigenvalue weighted by molar-refractivity contribution is -0.150. The minimum absolute atomic E-state index is 0.255. The molecule has 1 N–H and O–H groups in total. The van der Waals surface area contributed by atoms with Gasteiger partial charge in [0, 0.05) is 18.0 Å². The van der Waals surface area contributed by atoms with Gasteiger partial charge < -0.3 is 9.84 Å². The molecule has 4 atom stereocenters. The van der Waals surface area contributed by atoms with Crippen LogP contribution in [0.1, 0.15) is 37.4 Å². The summed E-state index contributed by atoms with van der Waals surface area (Å²) < 4.78 is 6.00. The van der Waals surface area contributed by atoms with E-state index in [0.29, 0.717) is 11.6 Å². The van der Waals surface area contributed by atoms with Gasteiger partial charge in [-0.3, -0.25) is 4.90 Å². The number of hydrogen-bond acceptors (Lipinski definition) is 4. The summed E-state index contributed by atoms with van der Waals surface area (Å²) in [5, 5.41) is 10.8. The molecule has 3 heterocycles. The molecule has 2 bridgehead atoms. The maximum Gasteiger partial charge on any atom is 0.338 e. The van der Waals surface area contributed by atoms with Crippen molar-refractivity contribution in [3.05, 3.63) is 59.2 Å². The van der Waals surface area contributed by atoms with Crippen molar-refractivity contribution in [1.29, 1.82) is 0 Å². The van der Waals surface area contributed by atoms with Gasteiger partial charge in [0.05, 0.1) is 11.6 Å². The lowest BCUT2D eigenvalue weighted by Gasteiger charge is -2.37. The van der Waals surface area contributed by atoms with Crippen molar-refractivity contribution in [1.82, 2.24) is 4.90 Å². The van der Waals surface area contributed by atoms with Crippen molar-refractivity contribution >= 4 is 5.97 Å². The molecule has 4 aliphatic rings. The zero-order valence-corrected chi connectivity index (χ0v) is 13.5. The van der Waals surface area contributed by atoms with Crippen molar-refractivity contribution in [3.8, 4) is 0 Å². The first-order valence-electron chi connectivity index (χ1n) is 8.86. The number of aliphatic hydroxyl groups excluding tert-OH is 1. The Morgan fingerprint density at radius 3 is 2.92 bits per heavy atom. The van der Waals surface area contributed by atoms with Crippen LogP contribution in [0.4, 0.5) is 0 Å². The summed E-state index contributed by atoms with van der Waals surface area (Å²) >= 11 is 0. The van der Waals surface area contributed by atoms with E-state index in [1.54, 1.807) is 0 Å². The Morgan fingerprint density at radius 1 is 1.25 bits per heavy atom. The maximum atomic E-state index is 12.7.